The van der Waals surface area contributed by atoms with Crippen LogP contribution in [0.1, 0.15) is 69.2 Å². The molecule has 2 aliphatic carbocycles. The molecule has 4 heteroatoms. The molecule has 1 aliphatic heterocycles. The van der Waals surface area contributed by atoms with E-state index in [1.54, 1.807) is 21.7 Å². The van der Waals surface area contributed by atoms with Gasteiger partial charge in [-0.15, -0.1) is 0 Å². The van der Waals surface area contributed by atoms with Crippen LogP contribution in [0.5, 0.6) is 0 Å². The van der Waals surface area contributed by atoms with Crippen molar-refractivity contribution in [3.8, 4) is 0 Å². The van der Waals surface area contributed by atoms with E-state index in [1.165, 1.54) is 0 Å². The first-order chi connectivity index (χ1) is 13.0. The number of hydrogen-bond acceptors (Lipinski definition) is 0. The second-order valence-corrected chi connectivity index (χ2v) is 24.3. The van der Waals surface area contributed by atoms with Crippen LogP contribution in [0.4, 0.5) is 0 Å². The van der Waals surface area contributed by atoms with Crippen LogP contribution in [0.3, 0.4) is 0 Å². The monoisotopic (exact) mass is 596 g/mol. The third-order valence-corrected chi connectivity index (χ3v) is 25.5. The summed E-state index contributed by atoms with van der Waals surface area (Å²) < 4.78 is 2.18. The van der Waals surface area contributed by atoms with Gasteiger partial charge in [0.15, 0.2) is 0 Å². The molecule has 0 amide bonds. The Bertz CT molecular complexity index is 501. The molecule has 176 valence electrons. The fraction of sp³-hybridized carbons (Fsp3) is 0.846. The van der Waals surface area contributed by atoms with Gasteiger partial charge < -0.3 is 14.9 Å². The van der Waals surface area contributed by atoms with Gasteiger partial charge >= 0.3 is 199 Å². The Morgan fingerprint density at radius 3 is 0.967 bits per heavy atom. The maximum atomic E-state index is 4.93. The predicted octanol–water partition coefficient (Wildman–Crippen LogP) is 9.92. The van der Waals surface area contributed by atoms with E-state index in [4.69, 9.17) is 17.0 Å². The first-order valence-corrected chi connectivity index (χ1v) is 23.3. The first kappa shape index (κ1) is 31.7. The summed E-state index contributed by atoms with van der Waals surface area (Å²) in [5, 5.41) is 3.15. The van der Waals surface area contributed by atoms with Gasteiger partial charge in [0.1, 0.15) is 0 Å². The first-order valence-electron chi connectivity index (χ1n) is 11.6. The molecule has 0 aromatic heterocycles. The van der Waals surface area contributed by atoms with Gasteiger partial charge in [0.25, 0.3) is 0 Å². The Balaban J connectivity index is 0.00000159. The van der Waals surface area contributed by atoms with Crippen LogP contribution in [0, 0.1) is 62.2 Å². The summed E-state index contributed by atoms with van der Waals surface area (Å²) in [4.78, 5) is 0. The maximum absolute atomic E-state index is 4.93. The van der Waals surface area contributed by atoms with E-state index in [9.17, 15) is 0 Å². The standard InChI is InChI=1S/C24H44Ge.2CH3.2ClH.Zr/c1-13-11-25(12-14(13)2,23-19(7)15(3)16(4)20(23)8)24-21(9)17(5)18(6)22(24)10;;;;;/h15-24H,11-12H2,1-10H3;2*1H3;2*1H;/q;2*-1;;;+4/p-2. The molecule has 30 heavy (non-hydrogen) atoms. The Morgan fingerprint density at radius 2 is 0.767 bits per heavy atom. The molecule has 0 aromatic carbocycles. The van der Waals surface area contributed by atoms with E-state index < -0.39 is 34.1 Å². The van der Waals surface area contributed by atoms with Gasteiger partial charge in [0.05, 0.1) is 0 Å². The Labute approximate surface area is 212 Å². The number of hydrogen-bond donors (Lipinski definition) is 0. The van der Waals surface area contributed by atoms with Gasteiger partial charge in [-0.3, -0.25) is 0 Å². The van der Waals surface area contributed by atoms with Gasteiger partial charge in [-0.2, -0.15) is 0 Å². The summed E-state index contributed by atoms with van der Waals surface area (Å²) in [6, 6.07) is 0. The van der Waals surface area contributed by atoms with Crippen molar-refractivity contribution in [2.45, 2.75) is 89.2 Å². The van der Waals surface area contributed by atoms with E-state index >= 15 is 0 Å². The molecule has 0 radical (unpaired) electrons. The molecule has 1 heterocycles. The molecule has 0 N–H and O–H groups in total. The molecule has 8 atom stereocenters. The quantitative estimate of drug-likeness (QED) is 0.169. The number of halogens is 2. The molecule has 3 aliphatic rings. The summed E-state index contributed by atoms with van der Waals surface area (Å²) in [5.74, 6) is 7.50. The molecule has 3 rings (SSSR count). The zero-order valence-electron chi connectivity index (χ0n) is 21.9. The zero-order valence-corrected chi connectivity index (χ0v) is 28.0. The average Bonchev–Trinajstić information content (AvgIpc) is 3.10. The van der Waals surface area contributed by atoms with E-state index in [-0.39, 0.29) is 14.9 Å². The normalized spacial score (nSPS) is 44.5. The number of rotatable bonds is 2. The van der Waals surface area contributed by atoms with Gasteiger partial charge in [-0.05, 0) is 0 Å². The van der Waals surface area contributed by atoms with Gasteiger partial charge in [-0.1, -0.05) is 0 Å². The summed E-state index contributed by atoms with van der Waals surface area (Å²) in [6.45, 7) is 25.8. The summed E-state index contributed by atoms with van der Waals surface area (Å²) in [6.07, 6.45) is 0. The molecule has 8 unspecified atom stereocenters. The van der Waals surface area contributed by atoms with Crippen molar-refractivity contribution in [2.24, 2.45) is 47.3 Å². The SMILES string of the molecule is CC1=C(C)[CH2][Ge]([CH]2C(C)C(C)C(C)C2C)([CH]2C(C)C(C)C(C)C2C)[CH2]1.[CH3-].[CH3-].[Cl][Zr+2][Cl]. The summed E-state index contributed by atoms with van der Waals surface area (Å²) in [7, 11) is 9.87. The van der Waals surface area contributed by atoms with E-state index in [0.29, 0.717) is 0 Å². The van der Waals surface area contributed by atoms with Crippen LogP contribution in [-0.2, 0) is 20.8 Å². The Hall–Kier alpha value is 1.75. The van der Waals surface area contributed by atoms with Crippen molar-refractivity contribution >= 4 is 30.3 Å². The summed E-state index contributed by atoms with van der Waals surface area (Å²) >= 11 is -2.88. The third kappa shape index (κ3) is 5.36. The molecular weight excluding hydrogens is 547 g/mol. The van der Waals surface area contributed by atoms with Crippen LogP contribution < -0.4 is 0 Å². The van der Waals surface area contributed by atoms with Crippen molar-refractivity contribution in [1.29, 1.82) is 0 Å². The van der Waals surface area contributed by atoms with Crippen molar-refractivity contribution in [3.63, 3.8) is 0 Å². The fourth-order valence-electron chi connectivity index (χ4n) is 8.32. The van der Waals surface area contributed by atoms with Crippen molar-refractivity contribution in [1.82, 2.24) is 0 Å². The molecule has 2 fully saturated rings. The Morgan fingerprint density at radius 1 is 0.567 bits per heavy atom. The minimum atomic E-state index is -2.06. The van der Waals surface area contributed by atoms with Gasteiger partial charge in [-0.25, -0.2) is 0 Å². The Kier molecular flexibility index (Phi) is 13.2. The van der Waals surface area contributed by atoms with E-state index in [1.807, 2.05) is 0 Å². The molecule has 0 spiro atoms. The van der Waals surface area contributed by atoms with E-state index in [0.717, 1.165) is 56.8 Å². The van der Waals surface area contributed by atoms with Crippen LogP contribution in [0.15, 0.2) is 11.1 Å². The molecule has 0 nitrogen and oxygen atoms in total. The minimum absolute atomic E-state index is 0. The molecule has 0 bridgehead atoms. The zero-order chi connectivity index (χ0) is 21.5. The second-order valence-electron chi connectivity index (χ2n) is 11.1. The molecule has 0 saturated heterocycles. The predicted molar refractivity (Wildman–Crippen MR) is 139 cm³/mol. The third-order valence-electron chi connectivity index (χ3n) is 10.5. The van der Waals surface area contributed by atoms with Crippen LogP contribution >= 0.6 is 17.0 Å². The topological polar surface area (TPSA) is 0 Å². The molecule has 2 saturated carbocycles. The average molecular weight is 597 g/mol. The molecule has 0 aromatic rings. The van der Waals surface area contributed by atoms with Gasteiger partial charge in [0.2, 0.25) is 0 Å². The van der Waals surface area contributed by atoms with Crippen LogP contribution in [0.2, 0.25) is 20.0 Å². The van der Waals surface area contributed by atoms with Crippen molar-refractivity contribution in [2.75, 3.05) is 0 Å². The van der Waals surface area contributed by atoms with E-state index in [2.05, 4.69) is 69.2 Å². The fourth-order valence-corrected chi connectivity index (χ4v) is 28.2. The van der Waals surface area contributed by atoms with Gasteiger partial charge in [0, 0.05) is 0 Å². The number of allylic oxidation sites excluding steroid dienone is 2. The molecular formula is C26H50Cl2GeZr. The van der Waals surface area contributed by atoms with Crippen LogP contribution in [-0.4, -0.2) is 13.3 Å². The van der Waals surface area contributed by atoms with Crippen molar-refractivity contribution in [3.05, 3.63) is 26.0 Å². The second kappa shape index (κ2) is 12.4. The van der Waals surface area contributed by atoms with Crippen LogP contribution in [0.25, 0.3) is 0 Å². The van der Waals surface area contributed by atoms with Crippen molar-refractivity contribution < 1.29 is 20.8 Å². The summed E-state index contributed by atoms with van der Waals surface area (Å²) in [5.41, 5.74) is 3.61.